The summed E-state index contributed by atoms with van der Waals surface area (Å²) in [5.41, 5.74) is 2.91. The van der Waals surface area contributed by atoms with Crippen molar-refractivity contribution in [3.63, 3.8) is 0 Å². The molecule has 0 aliphatic carbocycles. The summed E-state index contributed by atoms with van der Waals surface area (Å²) < 4.78 is 1.73. The molecule has 2 rings (SSSR count). The molecule has 24 heavy (non-hydrogen) atoms. The third-order valence-corrected chi connectivity index (χ3v) is 4.52. The number of aromatic nitrogens is 4. The third kappa shape index (κ3) is 4.35. The first-order valence-corrected chi connectivity index (χ1v) is 8.99. The summed E-state index contributed by atoms with van der Waals surface area (Å²) in [6, 6.07) is 6.09. The van der Waals surface area contributed by atoms with E-state index < -0.39 is 0 Å². The monoisotopic (exact) mass is 347 g/mol. The van der Waals surface area contributed by atoms with Crippen LogP contribution in [-0.2, 0) is 10.3 Å². The number of benzene rings is 1. The molecule has 0 saturated carbocycles. The maximum atomic E-state index is 12.4. The first-order valence-electron chi connectivity index (χ1n) is 8.01. The largest absolute Gasteiger partial charge is 0.325 e. The Balaban J connectivity index is 2.07. The molecule has 6 nitrogen and oxygen atoms in total. The molecule has 0 radical (unpaired) electrons. The molecule has 7 heteroatoms. The minimum Gasteiger partial charge on any atom is -0.325 e. The van der Waals surface area contributed by atoms with Crippen molar-refractivity contribution in [3.8, 4) is 0 Å². The summed E-state index contributed by atoms with van der Waals surface area (Å²) in [6.45, 7) is 12.3. The van der Waals surface area contributed by atoms with Crippen molar-refractivity contribution in [1.29, 1.82) is 0 Å². The number of nitrogens with zero attached hydrogens (tertiary/aromatic N) is 4. The second kappa shape index (κ2) is 7.34. The Morgan fingerprint density at radius 3 is 2.67 bits per heavy atom. The van der Waals surface area contributed by atoms with E-state index >= 15 is 0 Å². The van der Waals surface area contributed by atoms with Gasteiger partial charge in [-0.25, -0.2) is 4.68 Å². The van der Waals surface area contributed by atoms with Gasteiger partial charge in [0.1, 0.15) is 0 Å². The van der Waals surface area contributed by atoms with Crippen LogP contribution in [-0.4, -0.2) is 31.9 Å². The standard InChI is InChI=1S/C17H25N5OS/c1-11(2)13-9-7-8-12(3)15(13)18-14(23)10-24-16-19-20-21-22(16)17(4,5)6/h7-9,11H,10H2,1-6H3,(H,18,23). The van der Waals surface area contributed by atoms with Crippen molar-refractivity contribution in [1.82, 2.24) is 20.2 Å². The normalized spacial score (nSPS) is 11.8. The zero-order valence-corrected chi connectivity index (χ0v) is 15.9. The zero-order chi connectivity index (χ0) is 17.9. The van der Waals surface area contributed by atoms with Crippen LogP contribution in [0.2, 0.25) is 0 Å². The second-order valence-electron chi connectivity index (χ2n) is 7.07. The fourth-order valence-electron chi connectivity index (χ4n) is 2.34. The predicted octanol–water partition coefficient (Wildman–Crippen LogP) is 3.59. The van der Waals surface area contributed by atoms with Crippen molar-refractivity contribution < 1.29 is 4.79 Å². The molecule has 1 amide bonds. The topological polar surface area (TPSA) is 72.7 Å². The zero-order valence-electron chi connectivity index (χ0n) is 15.1. The van der Waals surface area contributed by atoms with Crippen LogP contribution in [0, 0.1) is 6.92 Å². The van der Waals surface area contributed by atoms with Gasteiger partial charge in [-0.3, -0.25) is 4.79 Å². The molecule has 0 fully saturated rings. The molecule has 1 N–H and O–H groups in total. The smallest absolute Gasteiger partial charge is 0.234 e. The summed E-state index contributed by atoms with van der Waals surface area (Å²) in [4.78, 5) is 12.4. The highest BCUT2D eigenvalue weighted by Crippen LogP contribution is 2.28. The molecule has 0 aliphatic rings. The molecule has 2 aromatic rings. The Morgan fingerprint density at radius 1 is 1.33 bits per heavy atom. The number of rotatable bonds is 5. The number of para-hydroxylation sites is 1. The SMILES string of the molecule is Cc1cccc(C(C)C)c1NC(=O)CSc1nnnn1C(C)(C)C. The summed E-state index contributed by atoms with van der Waals surface area (Å²) in [7, 11) is 0. The number of thioether (sulfide) groups is 1. The van der Waals surface area contributed by atoms with Gasteiger partial charge in [0.25, 0.3) is 0 Å². The van der Waals surface area contributed by atoms with Gasteiger partial charge in [0.05, 0.1) is 11.3 Å². The Kier molecular flexibility index (Phi) is 5.64. The van der Waals surface area contributed by atoms with Gasteiger partial charge in [-0.15, -0.1) is 5.10 Å². The summed E-state index contributed by atoms with van der Waals surface area (Å²) >= 11 is 1.34. The van der Waals surface area contributed by atoms with Crippen LogP contribution in [0.15, 0.2) is 23.4 Å². The van der Waals surface area contributed by atoms with E-state index in [4.69, 9.17) is 0 Å². The van der Waals surface area contributed by atoms with Gasteiger partial charge >= 0.3 is 0 Å². The molecule has 0 spiro atoms. The lowest BCUT2D eigenvalue weighted by Gasteiger charge is -2.19. The second-order valence-corrected chi connectivity index (χ2v) is 8.02. The van der Waals surface area contributed by atoms with Crippen molar-refractivity contribution in [2.75, 3.05) is 11.1 Å². The highest BCUT2D eigenvalue weighted by molar-refractivity contribution is 7.99. The highest BCUT2D eigenvalue weighted by Gasteiger charge is 2.21. The number of hydrogen-bond acceptors (Lipinski definition) is 5. The number of hydrogen-bond donors (Lipinski definition) is 1. The van der Waals surface area contributed by atoms with Gasteiger partial charge < -0.3 is 5.32 Å². The molecular weight excluding hydrogens is 322 g/mol. The lowest BCUT2D eigenvalue weighted by atomic mass is 9.98. The van der Waals surface area contributed by atoms with Crippen molar-refractivity contribution in [2.24, 2.45) is 0 Å². The van der Waals surface area contributed by atoms with Crippen LogP contribution in [0.3, 0.4) is 0 Å². The molecular formula is C17H25N5OS. The van der Waals surface area contributed by atoms with Crippen LogP contribution >= 0.6 is 11.8 Å². The predicted molar refractivity (Wildman–Crippen MR) is 97.4 cm³/mol. The average Bonchev–Trinajstić information content (AvgIpc) is 2.95. The van der Waals surface area contributed by atoms with E-state index in [1.807, 2.05) is 39.8 Å². The Bertz CT molecular complexity index is 718. The fraction of sp³-hybridized carbons (Fsp3) is 0.529. The van der Waals surface area contributed by atoms with Gasteiger partial charge in [0.2, 0.25) is 11.1 Å². The average molecular weight is 347 g/mol. The lowest BCUT2D eigenvalue weighted by molar-refractivity contribution is -0.113. The van der Waals surface area contributed by atoms with Crippen LogP contribution in [0.4, 0.5) is 5.69 Å². The summed E-state index contributed by atoms with van der Waals surface area (Å²) in [6.07, 6.45) is 0. The third-order valence-electron chi connectivity index (χ3n) is 3.60. The van der Waals surface area contributed by atoms with E-state index in [9.17, 15) is 4.79 Å². The number of carbonyl (C=O) groups is 1. The molecule has 130 valence electrons. The number of carbonyl (C=O) groups excluding carboxylic acids is 1. The van der Waals surface area contributed by atoms with E-state index in [1.54, 1.807) is 4.68 Å². The van der Waals surface area contributed by atoms with Gasteiger partial charge in [-0.05, 0) is 55.2 Å². The molecule has 1 aromatic carbocycles. The number of tetrazole rings is 1. The van der Waals surface area contributed by atoms with Gasteiger partial charge in [0.15, 0.2) is 0 Å². The number of anilines is 1. The number of aryl methyl sites for hydroxylation is 1. The van der Waals surface area contributed by atoms with Crippen LogP contribution in [0.5, 0.6) is 0 Å². The maximum absolute atomic E-state index is 12.4. The van der Waals surface area contributed by atoms with Crippen molar-refractivity contribution in [3.05, 3.63) is 29.3 Å². The van der Waals surface area contributed by atoms with Gasteiger partial charge in [-0.1, -0.05) is 43.8 Å². The van der Waals surface area contributed by atoms with Crippen LogP contribution < -0.4 is 5.32 Å². The minimum absolute atomic E-state index is 0.0559. The van der Waals surface area contributed by atoms with Gasteiger partial charge in [-0.2, -0.15) is 0 Å². The summed E-state index contributed by atoms with van der Waals surface area (Å²) in [5.74, 6) is 0.559. The number of amides is 1. The summed E-state index contributed by atoms with van der Waals surface area (Å²) in [5, 5.41) is 15.4. The van der Waals surface area contributed by atoms with Gasteiger partial charge in [0, 0.05) is 5.69 Å². The highest BCUT2D eigenvalue weighted by atomic mass is 32.2. The lowest BCUT2D eigenvalue weighted by Crippen LogP contribution is -2.25. The Morgan fingerprint density at radius 2 is 2.04 bits per heavy atom. The molecule has 0 aliphatic heterocycles. The quantitative estimate of drug-likeness (QED) is 0.837. The van der Waals surface area contributed by atoms with Crippen molar-refractivity contribution >= 4 is 23.4 Å². The fourth-order valence-corrected chi connectivity index (χ4v) is 3.20. The van der Waals surface area contributed by atoms with Crippen LogP contribution in [0.1, 0.15) is 51.7 Å². The molecule has 1 aromatic heterocycles. The first kappa shape index (κ1) is 18.4. The van der Waals surface area contributed by atoms with E-state index in [2.05, 4.69) is 40.8 Å². The van der Waals surface area contributed by atoms with E-state index in [1.165, 1.54) is 11.8 Å². The van der Waals surface area contributed by atoms with Crippen LogP contribution in [0.25, 0.3) is 0 Å². The molecule has 0 unspecified atom stereocenters. The molecule has 0 atom stereocenters. The molecule has 1 heterocycles. The molecule has 0 bridgehead atoms. The number of nitrogens with one attached hydrogen (secondary N) is 1. The Labute approximate surface area is 147 Å². The molecule has 0 saturated heterocycles. The van der Waals surface area contributed by atoms with E-state index in [-0.39, 0.29) is 17.2 Å². The Hall–Kier alpha value is -1.89. The maximum Gasteiger partial charge on any atom is 0.234 e. The minimum atomic E-state index is -0.219. The van der Waals surface area contributed by atoms with Crippen molar-refractivity contribution in [2.45, 2.75) is 58.2 Å². The first-order chi connectivity index (χ1) is 11.2. The van der Waals surface area contributed by atoms with E-state index in [0.29, 0.717) is 11.1 Å². The van der Waals surface area contributed by atoms with E-state index in [0.717, 1.165) is 16.8 Å².